The van der Waals surface area contributed by atoms with Crippen LogP contribution in [0, 0.1) is 0 Å². The molecule has 3 aromatic rings. The molecule has 0 radical (unpaired) electrons. The van der Waals surface area contributed by atoms with E-state index in [1.165, 1.54) is 11.9 Å². The van der Waals surface area contributed by atoms with Crippen molar-refractivity contribution in [3.63, 3.8) is 0 Å². The highest BCUT2D eigenvalue weighted by Crippen LogP contribution is 2.45. The third-order valence-corrected chi connectivity index (χ3v) is 11.0. The molecule has 1 saturated carbocycles. The number of hydrogen-bond donors (Lipinski definition) is 1. The van der Waals surface area contributed by atoms with Gasteiger partial charge in [-0.25, -0.2) is 23.4 Å². The number of fused-ring (bicyclic) bond motifs is 1. The molecule has 1 saturated heterocycles. The van der Waals surface area contributed by atoms with Crippen LogP contribution in [0.1, 0.15) is 46.6 Å². The van der Waals surface area contributed by atoms with E-state index < -0.39 is 33.2 Å². The standard InChI is InChI=1S/C27H30F3N7O3S2/c1-15-14-37(9-8-35(15)2)21-7-6-18(22(33-21)16-4-5-16)32-26-31-13-17(27(28,29)30)23(34-26)19-12-20-24(41-19)25(38)36(3)10-11-42(20,39)40/h6-7,12-13,15-16H,4-5,8-11,14H2,1-3H3,(H,31,32,34). The van der Waals surface area contributed by atoms with Crippen molar-refractivity contribution in [2.45, 2.75) is 42.8 Å². The molecule has 0 aromatic carbocycles. The van der Waals surface area contributed by atoms with Crippen molar-refractivity contribution in [3.05, 3.63) is 40.5 Å². The number of aromatic nitrogens is 3. The molecule has 1 N–H and O–H groups in total. The van der Waals surface area contributed by atoms with Crippen LogP contribution in [0.3, 0.4) is 0 Å². The molecule has 0 bridgehead atoms. The summed E-state index contributed by atoms with van der Waals surface area (Å²) >= 11 is 0.688. The lowest BCUT2D eigenvalue weighted by Gasteiger charge is -2.38. The Labute approximate surface area is 245 Å². The van der Waals surface area contributed by atoms with Crippen molar-refractivity contribution in [2.24, 2.45) is 0 Å². The molecule has 5 heterocycles. The van der Waals surface area contributed by atoms with Gasteiger partial charge in [-0.15, -0.1) is 11.3 Å². The summed E-state index contributed by atoms with van der Waals surface area (Å²) in [5.74, 6) is 0.122. The van der Waals surface area contributed by atoms with Crippen LogP contribution in [-0.2, 0) is 16.0 Å². The van der Waals surface area contributed by atoms with Crippen molar-refractivity contribution in [3.8, 4) is 10.6 Å². The lowest BCUT2D eigenvalue weighted by molar-refractivity contribution is -0.137. The first-order chi connectivity index (χ1) is 19.8. The number of sulfone groups is 1. The number of carbonyl (C=O) groups excluding carboxylic acids is 1. The number of pyridine rings is 1. The molecule has 3 aromatic heterocycles. The van der Waals surface area contributed by atoms with Crippen LogP contribution in [0.5, 0.6) is 0 Å². The molecule has 6 rings (SSSR count). The summed E-state index contributed by atoms with van der Waals surface area (Å²) in [7, 11) is -0.319. The van der Waals surface area contributed by atoms with E-state index in [0.717, 1.165) is 50.1 Å². The monoisotopic (exact) mass is 621 g/mol. The number of likely N-dealkylation sites (N-methyl/N-ethyl adjacent to an activating group) is 1. The summed E-state index contributed by atoms with van der Waals surface area (Å²) in [5, 5.41) is 3.06. The van der Waals surface area contributed by atoms with Crippen molar-refractivity contribution in [1.82, 2.24) is 24.8 Å². The average molecular weight is 622 g/mol. The van der Waals surface area contributed by atoms with Gasteiger partial charge in [0.05, 0.1) is 32.6 Å². The number of alkyl halides is 3. The quantitative estimate of drug-likeness (QED) is 0.447. The van der Waals surface area contributed by atoms with Gasteiger partial charge >= 0.3 is 6.18 Å². The smallest absolute Gasteiger partial charge is 0.354 e. The summed E-state index contributed by atoms with van der Waals surface area (Å²) in [5.41, 5.74) is -0.197. The Morgan fingerprint density at radius 1 is 1.10 bits per heavy atom. The normalized spacial score (nSPS) is 21.3. The Balaban J connectivity index is 1.37. The van der Waals surface area contributed by atoms with E-state index in [4.69, 9.17) is 4.98 Å². The number of amides is 1. The zero-order valence-corrected chi connectivity index (χ0v) is 24.9. The average Bonchev–Trinajstić information content (AvgIpc) is 3.69. The lowest BCUT2D eigenvalue weighted by atomic mass is 10.1. The highest BCUT2D eigenvalue weighted by Gasteiger charge is 2.38. The molecule has 1 unspecified atom stereocenters. The molecule has 1 atom stereocenters. The van der Waals surface area contributed by atoms with Gasteiger partial charge in [0.15, 0.2) is 9.84 Å². The van der Waals surface area contributed by atoms with Gasteiger partial charge in [-0.1, -0.05) is 0 Å². The molecular formula is C27H30F3N7O3S2. The van der Waals surface area contributed by atoms with Crippen molar-refractivity contribution < 1.29 is 26.4 Å². The minimum atomic E-state index is -4.81. The number of piperazine rings is 1. The van der Waals surface area contributed by atoms with E-state index in [2.05, 4.69) is 39.1 Å². The maximum absolute atomic E-state index is 14.1. The molecule has 42 heavy (non-hydrogen) atoms. The third kappa shape index (κ3) is 5.44. The fourth-order valence-electron chi connectivity index (χ4n) is 5.14. The van der Waals surface area contributed by atoms with E-state index >= 15 is 0 Å². The highest BCUT2D eigenvalue weighted by atomic mass is 32.2. The molecule has 10 nitrogen and oxygen atoms in total. The number of rotatable bonds is 5. The van der Waals surface area contributed by atoms with Gasteiger partial charge in [0.2, 0.25) is 5.95 Å². The second kappa shape index (κ2) is 10.5. The minimum absolute atomic E-state index is 0.00272. The van der Waals surface area contributed by atoms with Gasteiger partial charge in [0.25, 0.3) is 5.91 Å². The topological polar surface area (TPSA) is 112 Å². The number of thiophene rings is 1. The minimum Gasteiger partial charge on any atom is -0.354 e. The van der Waals surface area contributed by atoms with Crippen molar-refractivity contribution in [2.75, 3.05) is 56.2 Å². The maximum atomic E-state index is 14.1. The van der Waals surface area contributed by atoms with Crippen molar-refractivity contribution >= 4 is 44.5 Å². The number of hydrogen-bond acceptors (Lipinski definition) is 10. The number of carbonyl (C=O) groups is 1. The third-order valence-electron chi connectivity index (χ3n) is 8.00. The molecule has 1 aliphatic carbocycles. The highest BCUT2D eigenvalue weighted by molar-refractivity contribution is 7.91. The first-order valence-corrected chi connectivity index (χ1v) is 16.1. The Hall–Kier alpha value is -3.30. The Morgan fingerprint density at radius 2 is 1.86 bits per heavy atom. The molecular weight excluding hydrogens is 591 g/mol. The first kappa shape index (κ1) is 28.8. The summed E-state index contributed by atoms with van der Waals surface area (Å²) in [6.45, 7) is 4.76. The largest absolute Gasteiger partial charge is 0.420 e. The molecule has 224 valence electrons. The van der Waals surface area contributed by atoms with Crippen LogP contribution in [-0.4, -0.2) is 91.1 Å². The van der Waals surface area contributed by atoms with E-state index in [9.17, 15) is 26.4 Å². The fraction of sp³-hybridized carbons (Fsp3) is 0.481. The van der Waals surface area contributed by atoms with Gasteiger partial charge in [0, 0.05) is 51.4 Å². The maximum Gasteiger partial charge on any atom is 0.420 e. The molecule has 1 amide bonds. The van der Waals surface area contributed by atoms with Crippen LogP contribution in [0.4, 0.5) is 30.6 Å². The number of anilines is 3. The van der Waals surface area contributed by atoms with Gasteiger partial charge in [-0.3, -0.25) is 4.79 Å². The number of nitrogens with zero attached hydrogens (tertiary/aromatic N) is 6. The Kier molecular flexibility index (Phi) is 7.17. The van der Waals surface area contributed by atoms with E-state index in [-0.39, 0.29) is 38.8 Å². The van der Waals surface area contributed by atoms with Gasteiger partial charge < -0.3 is 20.0 Å². The van der Waals surface area contributed by atoms with Crippen LogP contribution in [0.25, 0.3) is 10.6 Å². The molecule has 0 spiro atoms. The zero-order chi connectivity index (χ0) is 30.0. The van der Waals surface area contributed by atoms with Gasteiger partial charge in [-0.2, -0.15) is 13.2 Å². The Bertz CT molecular complexity index is 1660. The zero-order valence-electron chi connectivity index (χ0n) is 23.3. The molecule has 2 fully saturated rings. The number of nitrogens with one attached hydrogen (secondary N) is 1. The number of halogens is 3. The summed E-state index contributed by atoms with van der Waals surface area (Å²) in [6, 6.07) is 5.24. The summed E-state index contributed by atoms with van der Waals surface area (Å²) < 4.78 is 67.9. The molecule has 3 aliphatic rings. The summed E-state index contributed by atoms with van der Waals surface area (Å²) in [4.78, 5) is 31.3. The van der Waals surface area contributed by atoms with Crippen molar-refractivity contribution in [1.29, 1.82) is 0 Å². The predicted molar refractivity (Wildman–Crippen MR) is 153 cm³/mol. The van der Waals surface area contributed by atoms with Crippen LogP contribution < -0.4 is 10.2 Å². The van der Waals surface area contributed by atoms with E-state index in [0.29, 0.717) is 29.3 Å². The van der Waals surface area contributed by atoms with Crippen LogP contribution >= 0.6 is 11.3 Å². The van der Waals surface area contributed by atoms with Crippen LogP contribution in [0.2, 0.25) is 0 Å². The van der Waals surface area contributed by atoms with E-state index in [1.807, 2.05) is 12.1 Å². The van der Waals surface area contributed by atoms with Crippen LogP contribution in [0.15, 0.2) is 29.3 Å². The second-order valence-electron chi connectivity index (χ2n) is 11.1. The first-order valence-electron chi connectivity index (χ1n) is 13.6. The Morgan fingerprint density at radius 3 is 2.55 bits per heavy atom. The van der Waals surface area contributed by atoms with Gasteiger partial charge in [0.1, 0.15) is 16.3 Å². The molecule has 2 aliphatic heterocycles. The lowest BCUT2D eigenvalue weighted by Crippen LogP contribution is -2.50. The second-order valence-corrected chi connectivity index (χ2v) is 14.2. The van der Waals surface area contributed by atoms with E-state index in [1.54, 1.807) is 0 Å². The summed E-state index contributed by atoms with van der Waals surface area (Å²) in [6.07, 6.45) is -2.21. The fourth-order valence-corrected chi connectivity index (χ4v) is 8.17. The predicted octanol–water partition coefficient (Wildman–Crippen LogP) is 4.24. The van der Waals surface area contributed by atoms with Gasteiger partial charge in [-0.05, 0) is 45.0 Å². The SMILES string of the molecule is CC1CN(c2ccc(Nc3ncc(C(F)(F)F)c(-c4cc5c(s4)C(=O)N(C)CCS5(=O)=O)n3)c(C3CC3)n2)CCN1C. The molecule has 15 heteroatoms.